The maximum absolute atomic E-state index is 12.2. The molecule has 0 aliphatic carbocycles. The van der Waals surface area contributed by atoms with Crippen molar-refractivity contribution in [3.05, 3.63) is 23.4 Å². The molecule has 1 aliphatic rings. The van der Waals surface area contributed by atoms with Gasteiger partial charge >= 0.3 is 11.9 Å². The number of ether oxygens (including phenoxy) is 4. The minimum atomic E-state index is -0.710. The van der Waals surface area contributed by atoms with Crippen molar-refractivity contribution in [1.82, 2.24) is 4.90 Å². The smallest absolute Gasteiger partial charge is 0.345 e. The Morgan fingerprint density at radius 2 is 1.56 bits per heavy atom. The fourth-order valence-electron chi connectivity index (χ4n) is 2.27. The van der Waals surface area contributed by atoms with Gasteiger partial charge in [0, 0.05) is 32.5 Å². The standard InChI is InChI=1S/C18H29NO6/c1-4-22-11-13-24-17(20)16(18(21)25-14-12-23-5-2)9-8-15-7-6-10-19(15)3/h8-9H,4-7,10-14H2,1-3H3/b15-8+. The van der Waals surface area contributed by atoms with Crippen molar-refractivity contribution >= 4 is 11.9 Å². The summed E-state index contributed by atoms with van der Waals surface area (Å²) < 4.78 is 20.4. The zero-order valence-corrected chi connectivity index (χ0v) is 15.4. The van der Waals surface area contributed by atoms with E-state index in [4.69, 9.17) is 18.9 Å². The molecule has 7 heteroatoms. The largest absolute Gasteiger partial charge is 0.459 e. The molecule has 142 valence electrons. The Kier molecular flexibility index (Phi) is 10.6. The van der Waals surface area contributed by atoms with Gasteiger partial charge in [0.05, 0.1) is 13.2 Å². The molecule has 1 aliphatic heterocycles. The molecule has 1 heterocycles. The summed E-state index contributed by atoms with van der Waals surface area (Å²) in [5.41, 5.74) is 0.947. The van der Waals surface area contributed by atoms with Gasteiger partial charge in [0.15, 0.2) is 0 Å². The summed E-state index contributed by atoms with van der Waals surface area (Å²) in [4.78, 5) is 26.5. The molecule has 1 rings (SSSR count). The van der Waals surface area contributed by atoms with Gasteiger partial charge < -0.3 is 23.8 Å². The highest BCUT2D eigenvalue weighted by molar-refractivity contribution is 6.14. The Labute approximate surface area is 149 Å². The third-order valence-electron chi connectivity index (χ3n) is 3.63. The summed E-state index contributed by atoms with van der Waals surface area (Å²) in [7, 11) is 1.98. The topological polar surface area (TPSA) is 74.3 Å². The lowest BCUT2D eigenvalue weighted by Crippen LogP contribution is -2.21. The molecular weight excluding hydrogens is 326 g/mol. The minimum Gasteiger partial charge on any atom is -0.459 e. The number of carbonyl (C=O) groups excluding carboxylic acids is 2. The monoisotopic (exact) mass is 355 g/mol. The van der Waals surface area contributed by atoms with Crippen molar-refractivity contribution in [3.8, 4) is 0 Å². The van der Waals surface area contributed by atoms with Crippen LogP contribution in [0.5, 0.6) is 0 Å². The maximum atomic E-state index is 12.2. The third kappa shape index (κ3) is 8.18. The molecule has 1 saturated heterocycles. The number of carbonyl (C=O) groups is 2. The van der Waals surface area contributed by atoms with Crippen LogP contribution in [-0.2, 0) is 28.5 Å². The molecule has 0 unspecified atom stereocenters. The van der Waals surface area contributed by atoms with E-state index in [0.29, 0.717) is 26.4 Å². The van der Waals surface area contributed by atoms with Crippen LogP contribution in [-0.4, -0.2) is 70.1 Å². The Bertz CT molecular complexity index is 460. The van der Waals surface area contributed by atoms with Crippen molar-refractivity contribution in [1.29, 1.82) is 0 Å². The van der Waals surface area contributed by atoms with Crippen LogP contribution in [0.1, 0.15) is 26.7 Å². The Morgan fingerprint density at radius 3 is 2.00 bits per heavy atom. The number of rotatable bonds is 11. The molecule has 0 aromatic rings. The molecule has 0 saturated carbocycles. The lowest BCUT2D eigenvalue weighted by molar-refractivity contribution is -0.148. The molecule has 0 aromatic heterocycles. The first kappa shape index (κ1) is 21.2. The van der Waals surface area contributed by atoms with Crippen LogP contribution >= 0.6 is 0 Å². The number of allylic oxidation sites excluding steroid dienone is 3. The van der Waals surface area contributed by atoms with Gasteiger partial charge in [-0.2, -0.15) is 0 Å². The Balaban J connectivity index is 2.71. The summed E-state index contributed by atoms with van der Waals surface area (Å²) in [6, 6.07) is 0. The van der Waals surface area contributed by atoms with Crippen LogP contribution in [0.3, 0.4) is 0 Å². The number of nitrogens with zero attached hydrogens (tertiary/aromatic N) is 1. The van der Waals surface area contributed by atoms with Crippen molar-refractivity contribution in [2.75, 3.05) is 53.2 Å². The first-order valence-corrected chi connectivity index (χ1v) is 8.71. The predicted octanol–water partition coefficient (Wildman–Crippen LogP) is 1.68. The molecule has 0 aromatic carbocycles. The van der Waals surface area contributed by atoms with E-state index in [2.05, 4.69) is 4.90 Å². The number of likely N-dealkylation sites (tertiary alicyclic amines) is 1. The average Bonchev–Trinajstić information content (AvgIpc) is 3.01. The van der Waals surface area contributed by atoms with Crippen LogP contribution in [0.2, 0.25) is 0 Å². The van der Waals surface area contributed by atoms with Crippen molar-refractivity contribution < 1.29 is 28.5 Å². The number of hydrogen-bond acceptors (Lipinski definition) is 7. The summed E-state index contributed by atoms with van der Waals surface area (Å²) >= 11 is 0. The zero-order valence-electron chi connectivity index (χ0n) is 15.4. The van der Waals surface area contributed by atoms with E-state index in [-0.39, 0.29) is 18.8 Å². The first-order valence-electron chi connectivity index (χ1n) is 8.71. The van der Waals surface area contributed by atoms with Gasteiger partial charge in [0.1, 0.15) is 18.8 Å². The average molecular weight is 355 g/mol. The van der Waals surface area contributed by atoms with E-state index >= 15 is 0 Å². The van der Waals surface area contributed by atoms with E-state index in [1.54, 1.807) is 6.08 Å². The zero-order chi connectivity index (χ0) is 18.5. The summed E-state index contributed by atoms with van der Waals surface area (Å²) in [5.74, 6) is -1.42. The second-order valence-electron chi connectivity index (χ2n) is 5.43. The van der Waals surface area contributed by atoms with E-state index in [1.165, 1.54) is 6.08 Å². The van der Waals surface area contributed by atoms with Gasteiger partial charge in [0.2, 0.25) is 0 Å². The van der Waals surface area contributed by atoms with Crippen LogP contribution in [0.25, 0.3) is 0 Å². The second-order valence-corrected chi connectivity index (χ2v) is 5.43. The molecule has 0 atom stereocenters. The molecule has 25 heavy (non-hydrogen) atoms. The highest BCUT2D eigenvalue weighted by Gasteiger charge is 2.21. The molecular formula is C18H29NO6. The second kappa shape index (κ2) is 12.5. The fraction of sp³-hybridized carbons (Fsp3) is 0.667. The van der Waals surface area contributed by atoms with Gasteiger partial charge in [0.25, 0.3) is 0 Å². The van der Waals surface area contributed by atoms with E-state index in [0.717, 1.165) is 25.1 Å². The normalized spacial score (nSPS) is 15.3. The molecule has 0 N–H and O–H groups in total. The van der Waals surface area contributed by atoms with Gasteiger partial charge in [-0.05, 0) is 38.8 Å². The molecule has 0 bridgehead atoms. The molecule has 1 fully saturated rings. The lowest BCUT2D eigenvalue weighted by atomic mass is 10.2. The number of hydrogen-bond donors (Lipinski definition) is 0. The van der Waals surface area contributed by atoms with E-state index in [9.17, 15) is 9.59 Å². The lowest BCUT2D eigenvalue weighted by Gasteiger charge is -2.12. The van der Waals surface area contributed by atoms with Crippen LogP contribution in [0, 0.1) is 0 Å². The van der Waals surface area contributed by atoms with E-state index in [1.807, 2.05) is 20.9 Å². The quantitative estimate of drug-likeness (QED) is 0.183. The predicted molar refractivity (Wildman–Crippen MR) is 92.9 cm³/mol. The summed E-state index contributed by atoms with van der Waals surface area (Å²) in [5, 5.41) is 0. The third-order valence-corrected chi connectivity index (χ3v) is 3.63. The highest BCUT2D eigenvalue weighted by Crippen LogP contribution is 2.19. The molecule has 7 nitrogen and oxygen atoms in total. The summed E-state index contributed by atoms with van der Waals surface area (Å²) in [6.07, 6.45) is 5.22. The summed E-state index contributed by atoms with van der Waals surface area (Å²) in [6.45, 7) is 6.51. The van der Waals surface area contributed by atoms with Crippen LogP contribution in [0.15, 0.2) is 23.4 Å². The SMILES string of the molecule is CCOCCOC(=O)C(=C/C=C1\CCCN1C)C(=O)OCCOCC. The van der Waals surface area contributed by atoms with Gasteiger partial charge in [-0.25, -0.2) is 9.59 Å². The van der Waals surface area contributed by atoms with Crippen molar-refractivity contribution in [2.45, 2.75) is 26.7 Å². The minimum absolute atomic E-state index is 0.0900. The Morgan fingerprint density at radius 1 is 1.00 bits per heavy atom. The fourth-order valence-corrected chi connectivity index (χ4v) is 2.27. The van der Waals surface area contributed by atoms with Gasteiger partial charge in [-0.15, -0.1) is 0 Å². The Hall–Kier alpha value is -1.86. The molecule has 0 spiro atoms. The maximum Gasteiger partial charge on any atom is 0.345 e. The van der Waals surface area contributed by atoms with Crippen LogP contribution < -0.4 is 0 Å². The van der Waals surface area contributed by atoms with Crippen molar-refractivity contribution in [2.24, 2.45) is 0 Å². The van der Waals surface area contributed by atoms with Gasteiger partial charge in [-0.3, -0.25) is 0 Å². The van der Waals surface area contributed by atoms with Crippen molar-refractivity contribution in [3.63, 3.8) is 0 Å². The molecule has 0 radical (unpaired) electrons. The molecule has 0 amide bonds. The van der Waals surface area contributed by atoms with Gasteiger partial charge in [-0.1, -0.05) is 0 Å². The van der Waals surface area contributed by atoms with Crippen LogP contribution in [0.4, 0.5) is 0 Å². The number of esters is 2. The highest BCUT2D eigenvalue weighted by atomic mass is 16.6. The first-order chi connectivity index (χ1) is 12.1. The van der Waals surface area contributed by atoms with E-state index < -0.39 is 11.9 Å².